The summed E-state index contributed by atoms with van der Waals surface area (Å²) in [4.78, 5) is 8.58. The molecule has 102 valence electrons. The summed E-state index contributed by atoms with van der Waals surface area (Å²) in [6.07, 6.45) is 4.58. The Morgan fingerprint density at radius 3 is 2.56 bits per heavy atom. The van der Waals surface area contributed by atoms with Crippen LogP contribution in [0.1, 0.15) is 39.2 Å². The predicted octanol–water partition coefficient (Wildman–Crippen LogP) is 2.04. The maximum atomic E-state index is 9.11. The van der Waals surface area contributed by atoms with Crippen LogP contribution in [-0.4, -0.2) is 34.3 Å². The van der Waals surface area contributed by atoms with Gasteiger partial charge in [-0.1, -0.05) is 20.3 Å². The Balaban J connectivity index is 2.92. The summed E-state index contributed by atoms with van der Waals surface area (Å²) < 4.78 is 0. The molecule has 0 saturated heterocycles. The molecule has 18 heavy (non-hydrogen) atoms. The van der Waals surface area contributed by atoms with Crippen LogP contribution < -0.4 is 10.6 Å². The first-order valence-electron chi connectivity index (χ1n) is 6.68. The average Bonchev–Trinajstić information content (AvgIpc) is 2.39. The molecule has 1 atom stereocenters. The minimum Gasteiger partial charge on any atom is -0.394 e. The third-order valence-corrected chi connectivity index (χ3v) is 2.64. The lowest BCUT2D eigenvalue weighted by atomic mass is 10.1. The van der Waals surface area contributed by atoms with Crippen LogP contribution in [0.4, 0.5) is 11.6 Å². The van der Waals surface area contributed by atoms with Gasteiger partial charge in [-0.25, -0.2) is 9.97 Å². The molecule has 0 fully saturated rings. The normalized spacial score (nSPS) is 12.2. The van der Waals surface area contributed by atoms with Crippen molar-refractivity contribution >= 4 is 11.6 Å². The largest absolute Gasteiger partial charge is 0.394 e. The molecule has 1 rings (SSSR count). The molecule has 0 bridgehead atoms. The van der Waals surface area contributed by atoms with Gasteiger partial charge < -0.3 is 15.7 Å². The highest BCUT2D eigenvalue weighted by Gasteiger charge is 2.12. The molecule has 0 aliphatic heterocycles. The third kappa shape index (κ3) is 4.14. The van der Waals surface area contributed by atoms with Gasteiger partial charge in [0.15, 0.2) is 0 Å². The topological polar surface area (TPSA) is 70.1 Å². The van der Waals surface area contributed by atoms with Crippen molar-refractivity contribution in [2.75, 3.05) is 23.8 Å². The molecule has 1 aromatic rings. The van der Waals surface area contributed by atoms with Gasteiger partial charge in [-0.15, -0.1) is 0 Å². The highest BCUT2D eigenvalue weighted by molar-refractivity contribution is 5.57. The van der Waals surface area contributed by atoms with Crippen molar-refractivity contribution in [2.24, 2.45) is 0 Å². The van der Waals surface area contributed by atoms with Gasteiger partial charge in [0.2, 0.25) is 0 Å². The highest BCUT2D eigenvalue weighted by Crippen LogP contribution is 2.22. The molecular formula is C13H24N4O. The Morgan fingerprint density at radius 1 is 1.22 bits per heavy atom. The Morgan fingerprint density at radius 2 is 1.94 bits per heavy atom. The molecule has 5 heteroatoms. The first-order chi connectivity index (χ1) is 8.72. The minimum absolute atomic E-state index is 0.00506. The van der Waals surface area contributed by atoms with E-state index in [4.69, 9.17) is 5.11 Å². The lowest BCUT2D eigenvalue weighted by molar-refractivity contribution is 0.281. The van der Waals surface area contributed by atoms with E-state index in [9.17, 15) is 0 Å². The Hall–Kier alpha value is -1.36. The van der Waals surface area contributed by atoms with Crippen LogP contribution in [0.2, 0.25) is 0 Å². The maximum Gasteiger partial charge on any atom is 0.135 e. The molecule has 0 aromatic carbocycles. The van der Waals surface area contributed by atoms with E-state index >= 15 is 0 Å². The predicted molar refractivity (Wildman–Crippen MR) is 75.0 cm³/mol. The molecule has 0 aliphatic carbocycles. The molecule has 0 amide bonds. The number of aliphatic hydroxyl groups excluding tert-OH is 1. The van der Waals surface area contributed by atoms with Crippen molar-refractivity contribution in [2.45, 2.75) is 46.1 Å². The molecule has 0 saturated carbocycles. The second-order valence-corrected chi connectivity index (χ2v) is 4.45. The molecule has 3 N–H and O–H groups in total. The summed E-state index contributed by atoms with van der Waals surface area (Å²) >= 11 is 0. The van der Waals surface area contributed by atoms with E-state index < -0.39 is 0 Å². The second kappa shape index (κ2) is 7.87. The summed E-state index contributed by atoms with van der Waals surface area (Å²) in [5.41, 5.74) is 1.11. The summed E-state index contributed by atoms with van der Waals surface area (Å²) in [5.74, 6) is 1.73. The van der Waals surface area contributed by atoms with Crippen LogP contribution in [0, 0.1) is 0 Å². The molecule has 0 spiro atoms. The molecule has 0 radical (unpaired) electrons. The van der Waals surface area contributed by atoms with Gasteiger partial charge in [0.05, 0.1) is 6.61 Å². The summed E-state index contributed by atoms with van der Waals surface area (Å²) in [5, 5.41) is 15.7. The van der Waals surface area contributed by atoms with Crippen LogP contribution in [0.3, 0.4) is 0 Å². The number of aliphatic hydroxyl groups is 1. The maximum absolute atomic E-state index is 9.11. The van der Waals surface area contributed by atoms with Gasteiger partial charge in [0.1, 0.15) is 18.0 Å². The molecule has 5 nitrogen and oxygen atoms in total. The summed E-state index contributed by atoms with van der Waals surface area (Å²) in [6.45, 7) is 7.18. The van der Waals surface area contributed by atoms with Crippen LogP contribution in [0.15, 0.2) is 6.33 Å². The monoisotopic (exact) mass is 252 g/mol. The number of nitrogens with one attached hydrogen (secondary N) is 2. The van der Waals surface area contributed by atoms with Gasteiger partial charge in [-0.2, -0.15) is 0 Å². The number of rotatable bonds is 8. The van der Waals surface area contributed by atoms with E-state index in [1.807, 2.05) is 6.92 Å². The first-order valence-corrected chi connectivity index (χ1v) is 6.68. The van der Waals surface area contributed by atoms with Crippen molar-refractivity contribution in [1.29, 1.82) is 0 Å². The van der Waals surface area contributed by atoms with E-state index in [1.165, 1.54) is 0 Å². The fourth-order valence-electron chi connectivity index (χ4n) is 1.70. The van der Waals surface area contributed by atoms with Gasteiger partial charge in [0, 0.05) is 18.2 Å². The third-order valence-electron chi connectivity index (χ3n) is 2.64. The standard InChI is InChI=1S/C13H24N4O/c1-4-6-11-12(14-7-5-2)15-9-16-13(11)17-10(3)8-18/h9-10,18H,4-8H2,1-3H3,(H2,14,15,16,17). The molecule has 0 aliphatic rings. The zero-order valence-corrected chi connectivity index (χ0v) is 11.5. The molecular weight excluding hydrogens is 228 g/mol. The van der Waals surface area contributed by atoms with Crippen molar-refractivity contribution in [3.05, 3.63) is 11.9 Å². The number of nitrogens with zero attached hydrogens (tertiary/aromatic N) is 2. The van der Waals surface area contributed by atoms with Gasteiger partial charge >= 0.3 is 0 Å². The van der Waals surface area contributed by atoms with E-state index in [0.29, 0.717) is 0 Å². The van der Waals surface area contributed by atoms with Crippen molar-refractivity contribution < 1.29 is 5.11 Å². The Bertz CT molecular complexity index is 357. The molecule has 1 unspecified atom stereocenters. The van der Waals surface area contributed by atoms with Crippen LogP contribution in [-0.2, 0) is 6.42 Å². The lowest BCUT2D eigenvalue weighted by Crippen LogP contribution is -2.22. The van der Waals surface area contributed by atoms with Gasteiger partial charge in [0.25, 0.3) is 0 Å². The van der Waals surface area contributed by atoms with Crippen molar-refractivity contribution in [1.82, 2.24) is 9.97 Å². The number of aromatic nitrogens is 2. The van der Waals surface area contributed by atoms with Crippen LogP contribution >= 0.6 is 0 Å². The van der Waals surface area contributed by atoms with Crippen LogP contribution in [0.25, 0.3) is 0 Å². The van der Waals surface area contributed by atoms with Crippen molar-refractivity contribution in [3.8, 4) is 0 Å². The SMILES string of the molecule is CCCNc1ncnc(NC(C)CO)c1CCC. The quantitative estimate of drug-likeness (QED) is 0.660. The van der Waals surface area contributed by atoms with E-state index in [2.05, 4.69) is 34.4 Å². The van der Waals surface area contributed by atoms with E-state index in [1.54, 1.807) is 6.33 Å². The van der Waals surface area contributed by atoms with Crippen LogP contribution in [0.5, 0.6) is 0 Å². The Labute approximate surface area is 109 Å². The number of hydrogen-bond acceptors (Lipinski definition) is 5. The number of anilines is 2. The average molecular weight is 252 g/mol. The first kappa shape index (κ1) is 14.7. The zero-order chi connectivity index (χ0) is 13.4. The molecule has 1 aromatic heterocycles. The van der Waals surface area contributed by atoms with Crippen molar-refractivity contribution in [3.63, 3.8) is 0 Å². The van der Waals surface area contributed by atoms with Gasteiger partial charge in [-0.05, 0) is 19.8 Å². The fraction of sp³-hybridized carbons (Fsp3) is 0.692. The fourth-order valence-corrected chi connectivity index (χ4v) is 1.70. The van der Waals surface area contributed by atoms with E-state index in [0.717, 1.165) is 43.0 Å². The zero-order valence-electron chi connectivity index (χ0n) is 11.5. The number of hydrogen-bond donors (Lipinski definition) is 3. The summed E-state index contributed by atoms with van der Waals surface area (Å²) in [6, 6.07) is -0.00506. The minimum atomic E-state index is -0.00506. The molecule has 1 heterocycles. The van der Waals surface area contributed by atoms with Gasteiger partial charge in [-0.3, -0.25) is 0 Å². The van der Waals surface area contributed by atoms with E-state index in [-0.39, 0.29) is 12.6 Å². The highest BCUT2D eigenvalue weighted by atomic mass is 16.3. The Kier molecular flexibility index (Phi) is 6.43. The smallest absolute Gasteiger partial charge is 0.135 e. The summed E-state index contributed by atoms with van der Waals surface area (Å²) in [7, 11) is 0. The second-order valence-electron chi connectivity index (χ2n) is 4.45. The lowest BCUT2D eigenvalue weighted by Gasteiger charge is -2.17.